The van der Waals surface area contributed by atoms with Crippen LogP contribution in [0.1, 0.15) is 284 Å². The van der Waals surface area contributed by atoms with Gasteiger partial charge in [-0.05, 0) is 128 Å². The molecule has 9 nitrogen and oxygen atoms in total. The Morgan fingerprint density at radius 3 is 0.882 bits per heavy atom. The van der Waals surface area contributed by atoms with Gasteiger partial charge in [-0.25, -0.2) is 4.79 Å². The van der Waals surface area contributed by atoms with E-state index in [4.69, 9.17) is 18.9 Å². The molecular formula is C84H138NO8+. The molecule has 0 aromatic rings. The van der Waals surface area contributed by atoms with Crippen LogP contribution in [0.3, 0.4) is 0 Å². The standard InChI is InChI=1S/C84H137NO8/c1-6-8-10-12-14-16-18-20-22-24-26-28-30-32-34-35-36-37-38-39-40-41-42-43-44-45-46-47-49-50-52-54-56-58-60-62-64-66-68-70-72-74-81(86)91-78-80(79-92-84(83(88)89)90-77-76-85(3,4)5)93-82(87)75-73-71-69-67-65-63-61-59-57-55-53-51-48-33-31-29-27-25-23-21-19-17-15-13-11-9-7-2/h8-11,14-17,20-23,26-29,32-34,36-37,48,53,55,59,61,65,67,80,84H,6-7,12-13,18-19,24-25,30-31,35,38-47,49-52,54,56-58,60,62-64,66,68-79H2,1-5H3/p+1/b10-8-,11-9-,16-14-,17-15-,22-20-,23-21-,28-26-,29-27-,34-32-,37-36-,48-33-,55-53-,61-59-,67-65-. The van der Waals surface area contributed by atoms with Crippen LogP contribution in [0.25, 0.3) is 0 Å². The van der Waals surface area contributed by atoms with Crippen LogP contribution in [-0.2, 0) is 33.3 Å². The molecular weight excluding hydrogens is 1150 g/mol. The van der Waals surface area contributed by atoms with Crippen molar-refractivity contribution in [3.05, 3.63) is 170 Å². The minimum Gasteiger partial charge on any atom is -0.477 e. The zero-order chi connectivity index (χ0) is 67.5. The Kier molecular flexibility index (Phi) is 68.3. The normalized spacial score (nSPS) is 13.7. The number of quaternary nitrogens is 1. The van der Waals surface area contributed by atoms with E-state index in [1.807, 2.05) is 21.1 Å². The highest BCUT2D eigenvalue weighted by Gasteiger charge is 2.25. The molecule has 0 heterocycles. The smallest absolute Gasteiger partial charge is 0.361 e. The first-order valence-electron chi connectivity index (χ1n) is 37.3. The maximum absolute atomic E-state index is 12.9. The Morgan fingerprint density at radius 1 is 0.323 bits per heavy atom. The first-order valence-corrected chi connectivity index (χ1v) is 37.3. The van der Waals surface area contributed by atoms with Crippen LogP contribution in [0.4, 0.5) is 0 Å². The Morgan fingerprint density at radius 2 is 0.581 bits per heavy atom. The summed E-state index contributed by atoms with van der Waals surface area (Å²) in [7, 11) is 5.96. The van der Waals surface area contributed by atoms with Crippen molar-refractivity contribution in [1.29, 1.82) is 0 Å². The third-order valence-corrected chi connectivity index (χ3v) is 15.5. The summed E-state index contributed by atoms with van der Waals surface area (Å²) in [5.41, 5.74) is 0. The minimum absolute atomic E-state index is 0.172. The van der Waals surface area contributed by atoms with Crippen LogP contribution in [-0.4, -0.2) is 87.4 Å². The molecule has 9 heteroatoms. The molecule has 0 aliphatic heterocycles. The number of carbonyl (C=O) groups excluding carboxylic acids is 2. The summed E-state index contributed by atoms with van der Waals surface area (Å²) < 4.78 is 22.9. The lowest BCUT2D eigenvalue weighted by Crippen LogP contribution is -2.40. The third-order valence-electron chi connectivity index (χ3n) is 15.5. The van der Waals surface area contributed by atoms with E-state index < -0.39 is 24.3 Å². The summed E-state index contributed by atoms with van der Waals surface area (Å²) in [4.78, 5) is 37.6. The molecule has 1 N–H and O–H groups in total. The molecule has 0 aromatic carbocycles. The number of ether oxygens (including phenoxy) is 4. The molecule has 93 heavy (non-hydrogen) atoms. The lowest BCUT2D eigenvalue weighted by Gasteiger charge is -2.25. The van der Waals surface area contributed by atoms with Crippen LogP contribution >= 0.6 is 0 Å². The lowest BCUT2D eigenvalue weighted by molar-refractivity contribution is -0.870. The molecule has 0 fully saturated rings. The van der Waals surface area contributed by atoms with Crippen LogP contribution in [0, 0.1) is 0 Å². The minimum atomic E-state index is -1.53. The number of rotatable bonds is 67. The number of carboxylic acid groups (broad SMARTS) is 1. The summed E-state index contributed by atoms with van der Waals surface area (Å²) in [6, 6.07) is 0. The van der Waals surface area contributed by atoms with Gasteiger partial charge in [0, 0.05) is 12.8 Å². The van der Waals surface area contributed by atoms with Crippen LogP contribution in [0.5, 0.6) is 0 Å². The van der Waals surface area contributed by atoms with E-state index in [2.05, 4.69) is 184 Å². The van der Waals surface area contributed by atoms with Gasteiger partial charge in [-0.1, -0.05) is 312 Å². The Hall–Kier alpha value is -5.35. The van der Waals surface area contributed by atoms with Crippen molar-refractivity contribution in [2.75, 3.05) is 47.5 Å². The highest BCUT2D eigenvalue weighted by atomic mass is 16.7. The van der Waals surface area contributed by atoms with Gasteiger partial charge in [-0.2, -0.15) is 0 Å². The molecule has 526 valence electrons. The van der Waals surface area contributed by atoms with Gasteiger partial charge >= 0.3 is 17.9 Å². The summed E-state index contributed by atoms with van der Waals surface area (Å²) in [5, 5.41) is 9.75. The molecule has 2 atom stereocenters. The molecule has 0 saturated carbocycles. The van der Waals surface area contributed by atoms with Crippen LogP contribution in [0.2, 0.25) is 0 Å². The zero-order valence-electron chi connectivity index (χ0n) is 60.1. The molecule has 0 amide bonds. The van der Waals surface area contributed by atoms with Gasteiger partial charge in [0.05, 0.1) is 34.4 Å². The number of hydrogen-bond donors (Lipinski definition) is 1. The average Bonchev–Trinajstić information content (AvgIpc) is 3.38. The Labute approximate surface area is 571 Å². The predicted molar refractivity (Wildman–Crippen MR) is 400 cm³/mol. The fraction of sp³-hybridized carbons (Fsp3) is 0.631. The van der Waals surface area contributed by atoms with Crippen molar-refractivity contribution in [3.8, 4) is 0 Å². The number of hydrogen-bond acceptors (Lipinski definition) is 7. The number of unbranched alkanes of at least 4 members (excludes halogenated alkanes) is 24. The van der Waals surface area contributed by atoms with Crippen molar-refractivity contribution in [3.63, 3.8) is 0 Å². The number of likely N-dealkylation sites (N-methyl/N-ethyl adjacent to an activating group) is 1. The summed E-state index contributed by atoms with van der Waals surface area (Å²) in [6.07, 6.45) is 106. The Balaban J connectivity index is 4.10. The van der Waals surface area contributed by atoms with Crippen molar-refractivity contribution in [1.82, 2.24) is 0 Å². The Bertz CT molecular complexity index is 2140. The number of allylic oxidation sites excluding steroid dienone is 28. The predicted octanol–water partition coefficient (Wildman–Crippen LogP) is 23.8. The number of aliphatic carboxylic acids is 1. The molecule has 0 aliphatic carbocycles. The summed E-state index contributed by atoms with van der Waals surface area (Å²) >= 11 is 0. The van der Waals surface area contributed by atoms with Gasteiger partial charge in [0.2, 0.25) is 0 Å². The van der Waals surface area contributed by atoms with Crippen molar-refractivity contribution in [2.24, 2.45) is 0 Å². The van der Waals surface area contributed by atoms with Crippen LogP contribution in [0.15, 0.2) is 170 Å². The molecule has 0 saturated heterocycles. The van der Waals surface area contributed by atoms with E-state index in [1.54, 1.807) is 0 Å². The monoisotopic (exact) mass is 1290 g/mol. The largest absolute Gasteiger partial charge is 0.477 e. The lowest BCUT2D eigenvalue weighted by atomic mass is 10.0. The van der Waals surface area contributed by atoms with E-state index in [-0.39, 0.29) is 38.6 Å². The quantitative estimate of drug-likeness (QED) is 0.0211. The van der Waals surface area contributed by atoms with E-state index in [0.29, 0.717) is 17.4 Å². The second-order valence-corrected chi connectivity index (χ2v) is 25.5. The highest BCUT2D eigenvalue weighted by molar-refractivity contribution is 5.71. The SMILES string of the molecule is CC/C=C\C/C=C\C/C=C\C/C=C\C/C=C\C/C=C\C/C=C\C/C=C\CCCCC(=O)OC(COC(=O)CCCCCCCCCCCCCCCCCCCCCCCC/C=C\C/C=C\C/C=C\C/C=C\C/C=C\C/C=C\CC)COC(OCC[N+](C)(C)C)C(=O)O. The van der Waals surface area contributed by atoms with Crippen LogP contribution < -0.4 is 0 Å². The second kappa shape index (κ2) is 72.5. The molecule has 0 rings (SSSR count). The topological polar surface area (TPSA) is 108 Å². The maximum atomic E-state index is 12.9. The van der Waals surface area contributed by atoms with Gasteiger partial charge < -0.3 is 28.5 Å². The first kappa shape index (κ1) is 87.7. The second-order valence-electron chi connectivity index (χ2n) is 25.5. The van der Waals surface area contributed by atoms with Gasteiger partial charge in [0.15, 0.2) is 6.10 Å². The number of nitrogens with zero attached hydrogens (tertiary/aromatic N) is 1. The number of carboxylic acids is 1. The molecule has 0 aliphatic rings. The van der Waals surface area contributed by atoms with Crippen molar-refractivity contribution in [2.45, 2.75) is 296 Å². The summed E-state index contributed by atoms with van der Waals surface area (Å²) in [6.45, 7) is 4.60. The number of carbonyl (C=O) groups is 3. The summed E-state index contributed by atoms with van der Waals surface area (Å²) in [5.74, 6) is -2.07. The molecule has 0 radical (unpaired) electrons. The maximum Gasteiger partial charge on any atom is 0.361 e. The molecule has 0 spiro atoms. The van der Waals surface area contributed by atoms with Crippen molar-refractivity contribution < 1.29 is 42.9 Å². The van der Waals surface area contributed by atoms with Crippen molar-refractivity contribution >= 4 is 17.9 Å². The highest BCUT2D eigenvalue weighted by Crippen LogP contribution is 2.17. The van der Waals surface area contributed by atoms with E-state index >= 15 is 0 Å². The fourth-order valence-corrected chi connectivity index (χ4v) is 9.86. The van der Waals surface area contributed by atoms with Gasteiger partial charge in [-0.3, -0.25) is 9.59 Å². The molecule has 0 aromatic heterocycles. The van der Waals surface area contributed by atoms with E-state index in [1.165, 1.54) is 128 Å². The molecule has 0 bridgehead atoms. The van der Waals surface area contributed by atoms with E-state index in [0.717, 1.165) is 122 Å². The van der Waals surface area contributed by atoms with Gasteiger partial charge in [-0.15, -0.1) is 0 Å². The number of esters is 2. The third kappa shape index (κ3) is 73.9. The van der Waals surface area contributed by atoms with E-state index in [9.17, 15) is 19.5 Å². The van der Waals surface area contributed by atoms with Gasteiger partial charge in [0.1, 0.15) is 13.2 Å². The molecule has 2 unspecified atom stereocenters. The fourth-order valence-electron chi connectivity index (χ4n) is 9.86. The average molecular weight is 1290 g/mol. The van der Waals surface area contributed by atoms with Gasteiger partial charge in [0.25, 0.3) is 6.29 Å². The first-order chi connectivity index (χ1) is 45.6. The zero-order valence-corrected chi connectivity index (χ0v) is 60.1.